The first kappa shape index (κ1) is 20.9. The summed E-state index contributed by atoms with van der Waals surface area (Å²) in [6.45, 7) is 0.983. The first-order valence-corrected chi connectivity index (χ1v) is 11.7. The van der Waals surface area contributed by atoms with Gasteiger partial charge in [0.25, 0.3) is 15.9 Å². The monoisotopic (exact) mass is 464 g/mol. The molecule has 3 aromatic heterocycles. The molecule has 5 rings (SSSR count). The molecule has 1 aromatic carbocycles. The third-order valence-electron chi connectivity index (χ3n) is 5.71. The third kappa shape index (κ3) is 3.65. The number of nitrogens with zero attached hydrogens (tertiary/aromatic N) is 4. The number of aromatic amines is 1. The van der Waals surface area contributed by atoms with Crippen LogP contribution in [-0.4, -0.2) is 47.1 Å². The van der Waals surface area contributed by atoms with Crippen molar-refractivity contribution in [3.63, 3.8) is 0 Å². The van der Waals surface area contributed by atoms with Crippen molar-refractivity contribution in [2.24, 2.45) is 0 Å². The van der Waals surface area contributed by atoms with Gasteiger partial charge in [-0.25, -0.2) is 4.98 Å². The SMILES string of the molecule is CNC(=O)c1ccc(N2CCc3cnn(S(=O)(=O)c4ccc5ccc(=O)[nH]c5c4)c3C2)cn1. The van der Waals surface area contributed by atoms with Gasteiger partial charge >= 0.3 is 0 Å². The van der Waals surface area contributed by atoms with Crippen LogP contribution in [0.5, 0.6) is 0 Å². The molecule has 0 saturated carbocycles. The number of fused-ring (bicyclic) bond motifs is 2. The maximum atomic E-state index is 13.4. The second kappa shape index (κ2) is 7.85. The summed E-state index contributed by atoms with van der Waals surface area (Å²) in [4.78, 5) is 32.3. The van der Waals surface area contributed by atoms with Crippen LogP contribution in [0.15, 0.2) is 64.5 Å². The van der Waals surface area contributed by atoms with Gasteiger partial charge < -0.3 is 15.2 Å². The van der Waals surface area contributed by atoms with Crippen LogP contribution in [0.1, 0.15) is 21.7 Å². The third-order valence-corrected chi connectivity index (χ3v) is 7.33. The number of pyridine rings is 2. The summed E-state index contributed by atoms with van der Waals surface area (Å²) in [7, 11) is -2.44. The van der Waals surface area contributed by atoms with Crippen LogP contribution in [0.2, 0.25) is 0 Å². The molecular weight excluding hydrogens is 444 g/mol. The lowest BCUT2D eigenvalue weighted by atomic mass is 10.1. The molecular formula is C22H20N6O4S. The molecule has 0 bridgehead atoms. The summed E-state index contributed by atoms with van der Waals surface area (Å²) in [6.07, 6.45) is 3.80. The van der Waals surface area contributed by atoms with E-state index < -0.39 is 10.0 Å². The van der Waals surface area contributed by atoms with Crippen LogP contribution < -0.4 is 15.8 Å². The molecule has 0 radical (unpaired) electrons. The summed E-state index contributed by atoms with van der Waals surface area (Å²) in [5.41, 5.74) is 2.65. The van der Waals surface area contributed by atoms with E-state index in [1.165, 1.54) is 18.2 Å². The van der Waals surface area contributed by atoms with E-state index in [1.54, 1.807) is 43.7 Å². The van der Waals surface area contributed by atoms with Gasteiger partial charge in [-0.3, -0.25) is 9.59 Å². The molecule has 4 heterocycles. The molecule has 2 N–H and O–H groups in total. The Bertz CT molecular complexity index is 1540. The van der Waals surface area contributed by atoms with Gasteiger partial charge in [0, 0.05) is 25.2 Å². The summed E-state index contributed by atoms with van der Waals surface area (Å²) in [5.74, 6) is -0.275. The number of aromatic nitrogens is 4. The van der Waals surface area contributed by atoms with E-state index in [2.05, 4.69) is 20.4 Å². The maximum absolute atomic E-state index is 13.4. The minimum atomic E-state index is -3.98. The first-order chi connectivity index (χ1) is 15.9. The first-order valence-electron chi connectivity index (χ1n) is 10.2. The van der Waals surface area contributed by atoms with E-state index in [9.17, 15) is 18.0 Å². The van der Waals surface area contributed by atoms with Crippen molar-refractivity contribution < 1.29 is 13.2 Å². The van der Waals surface area contributed by atoms with Gasteiger partial charge in [0.15, 0.2) is 0 Å². The van der Waals surface area contributed by atoms with Crippen LogP contribution in [0.3, 0.4) is 0 Å². The van der Waals surface area contributed by atoms with Gasteiger partial charge in [0.05, 0.1) is 35.2 Å². The highest BCUT2D eigenvalue weighted by molar-refractivity contribution is 7.89. The van der Waals surface area contributed by atoms with Crippen molar-refractivity contribution in [3.05, 3.63) is 82.2 Å². The zero-order valence-corrected chi connectivity index (χ0v) is 18.5. The number of benzene rings is 1. The molecule has 0 spiro atoms. The van der Waals surface area contributed by atoms with Gasteiger partial charge in [-0.15, -0.1) is 0 Å². The molecule has 0 unspecified atom stereocenters. The van der Waals surface area contributed by atoms with Crippen LogP contribution in [-0.2, 0) is 23.0 Å². The molecule has 0 atom stereocenters. The highest BCUT2D eigenvalue weighted by Gasteiger charge is 2.28. The highest BCUT2D eigenvalue weighted by atomic mass is 32.2. The predicted molar refractivity (Wildman–Crippen MR) is 122 cm³/mol. The lowest BCUT2D eigenvalue weighted by Gasteiger charge is -2.29. The van der Waals surface area contributed by atoms with Gasteiger partial charge in [-0.05, 0) is 47.7 Å². The standard InChI is InChI=1S/C22H20N6O4S/c1-23-22(30)18-6-4-16(12-24-18)27-9-8-15-11-25-28(20(15)13-27)33(31,32)17-5-2-14-3-7-21(29)26-19(14)10-17/h2-7,10-12H,8-9,13H2,1H3,(H,23,30)(H,26,29). The Labute approximate surface area is 188 Å². The molecule has 1 amide bonds. The maximum Gasteiger partial charge on any atom is 0.283 e. The molecule has 4 aromatic rings. The smallest absolute Gasteiger partial charge is 0.283 e. The number of hydrogen-bond acceptors (Lipinski definition) is 7. The fraction of sp³-hybridized carbons (Fsp3) is 0.182. The van der Waals surface area contributed by atoms with E-state index in [-0.39, 0.29) is 16.4 Å². The zero-order valence-electron chi connectivity index (χ0n) is 17.6. The number of rotatable bonds is 4. The Balaban J connectivity index is 1.49. The summed E-state index contributed by atoms with van der Waals surface area (Å²) in [6, 6.07) is 11.1. The van der Waals surface area contributed by atoms with Gasteiger partial charge in [0.1, 0.15) is 5.69 Å². The minimum Gasteiger partial charge on any atom is -0.364 e. The van der Waals surface area contributed by atoms with Crippen molar-refractivity contribution in [2.45, 2.75) is 17.9 Å². The van der Waals surface area contributed by atoms with E-state index in [1.807, 2.05) is 4.90 Å². The van der Waals surface area contributed by atoms with Crippen molar-refractivity contribution in [1.82, 2.24) is 24.5 Å². The molecule has 33 heavy (non-hydrogen) atoms. The lowest BCUT2D eigenvalue weighted by molar-refractivity contribution is 0.0958. The molecule has 0 aliphatic carbocycles. The average molecular weight is 465 g/mol. The Morgan fingerprint density at radius 2 is 1.94 bits per heavy atom. The Kier molecular flexibility index (Phi) is 4.97. The second-order valence-corrected chi connectivity index (χ2v) is 9.46. The van der Waals surface area contributed by atoms with Crippen LogP contribution in [0.4, 0.5) is 5.69 Å². The quantitative estimate of drug-likeness (QED) is 0.465. The Morgan fingerprint density at radius 1 is 1.12 bits per heavy atom. The predicted octanol–water partition coefficient (Wildman–Crippen LogP) is 1.28. The summed E-state index contributed by atoms with van der Waals surface area (Å²) in [5, 5.41) is 7.44. The van der Waals surface area contributed by atoms with Crippen molar-refractivity contribution in [1.29, 1.82) is 0 Å². The topological polar surface area (TPSA) is 130 Å². The number of carbonyl (C=O) groups excluding carboxylic acids is 1. The van der Waals surface area contributed by atoms with Crippen molar-refractivity contribution in [3.8, 4) is 0 Å². The number of amides is 1. The van der Waals surface area contributed by atoms with Crippen molar-refractivity contribution in [2.75, 3.05) is 18.5 Å². The lowest BCUT2D eigenvalue weighted by Crippen LogP contribution is -2.33. The fourth-order valence-electron chi connectivity index (χ4n) is 3.93. The number of anilines is 1. The van der Waals surface area contributed by atoms with Crippen molar-refractivity contribution >= 4 is 32.5 Å². The number of H-pyrrole nitrogens is 1. The van der Waals surface area contributed by atoms with E-state index in [4.69, 9.17) is 0 Å². The number of nitrogens with one attached hydrogen (secondary N) is 2. The van der Waals surface area contributed by atoms with E-state index >= 15 is 0 Å². The van der Waals surface area contributed by atoms with Crippen LogP contribution in [0, 0.1) is 0 Å². The summed E-state index contributed by atoms with van der Waals surface area (Å²) >= 11 is 0. The van der Waals surface area contributed by atoms with E-state index in [0.29, 0.717) is 36.4 Å². The van der Waals surface area contributed by atoms with Gasteiger partial charge in [-0.1, -0.05) is 6.07 Å². The molecule has 0 fully saturated rings. The van der Waals surface area contributed by atoms with E-state index in [0.717, 1.165) is 20.7 Å². The highest BCUT2D eigenvalue weighted by Crippen LogP contribution is 2.27. The zero-order chi connectivity index (χ0) is 23.2. The molecule has 168 valence electrons. The molecule has 10 nitrogen and oxygen atoms in total. The number of carbonyl (C=O) groups is 1. The average Bonchev–Trinajstić information content (AvgIpc) is 3.27. The van der Waals surface area contributed by atoms with Crippen LogP contribution in [0.25, 0.3) is 10.9 Å². The Hall–Kier alpha value is -3.99. The summed E-state index contributed by atoms with van der Waals surface area (Å²) < 4.78 is 27.9. The minimum absolute atomic E-state index is 0.0384. The molecule has 11 heteroatoms. The normalized spacial score (nSPS) is 13.7. The molecule has 1 aliphatic heterocycles. The molecule has 1 aliphatic rings. The van der Waals surface area contributed by atoms with Crippen LogP contribution >= 0.6 is 0 Å². The van der Waals surface area contributed by atoms with Gasteiger partial charge in [-0.2, -0.15) is 17.6 Å². The molecule has 0 saturated heterocycles. The fourth-order valence-corrected chi connectivity index (χ4v) is 5.27. The largest absolute Gasteiger partial charge is 0.364 e. The Morgan fingerprint density at radius 3 is 2.70 bits per heavy atom. The number of hydrogen-bond donors (Lipinski definition) is 2. The van der Waals surface area contributed by atoms with Gasteiger partial charge in [0.2, 0.25) is 5.56 Å². The second-order valence-electron chi connectivity index (χ2n) is 7.69.